The molecule has 3 rings (SSSR count). The van der Waals surface area contributed by atoms with Gasteiger partial charge in [-0.15, -0.1) is 0 Å². The number of rotatable bonds is 3. The second-order valence-electron chi connectivity index (χ2n) is 7.82. The van der Waals surface area contributed by atoms with Crippen molar-refractivity contribution in [3.05, 3.63) is 24.3 Å². The normalized spacial score (nSPS) is 18.4. The van der Waals surface area contributed by atoms with Gasteiger partial charge in [0, 0.05) is 32.1 Å². The van der Waals surface area contributed by atoms with Gasteiger partial charge in [-0.3, -0.25) is 0 Å². The molecule has 6 heteroatoms. The zero-order valence-corrected chi connectivity index (χ0v) is 16.3. The summed E-state index contributed by atoms with van der Waals surface area (Å²) in [6.45, 7) is 8.16. The molecule has 0 bridgehead atoms. The fourth-order valence-corrected chi connectivity index (χ4v) is 4.15. The van der Waals surface area contributed by atoms with Crippen LogP contribution in [0.5, 0.6) is 0 Å². The van der Waals surface area contributed by atoms with Crippen molar-refractivity contribution in [3.8, 4) is 0 Å². The summed E-state index contributed by atoms with van der Waals surface area (Å²) in [6, 6.07) is 8.33. The fraction of sp³-hybridized carbons (Fsp3) is 0.579. The van der Waals surface area contributed by atoms with Gasteiger partial charge in [0.05, 0.1) is 4.70 Å². The summed E-state index contributed by atoms with van der Waals surface area (Å²) in [6.07, 6.45) is 1.96. The molecular formula is C19H27N3O2S. The molecule has 1 amide bonds. The largest absolute Gasteiger partial charge is 0.444 e. The SMILES string of the molecule is CN(C[C@@H]1CCCN(C(=O)OC(C)(C)C)C1)c1nsc2ccccc12. The third-order valence-corrected chi connectivity index (χ3v) is 5.24. The quantitative estimate of drug-likeness (QED) is 0.814. The minimum atomic E-state index is -0.444. The molecule has 5 nitrogen and oxygen atoms in total. The maximum atomic E-state index is 12.3. The van der Waals surface area contributed by atoms with Crippen molar-refractivity contribution in [3.63, 3.8) is 0 Å². The number of ether oxygens (including phenoxy) is 1. The van der Waals surface area contributed by atoms with Gasteiger partial charge in [0.25, 0.3) is 0 Å². The number of hydrogen-bond donors (Lipinski definition) is 0. The van der Waals surface area contributed by atoms with E-state index in [2.05, 4.69) is 34.5 Å². The second-order valence-corrected chi connectivity index (χ2v) is 8.62. The summed E-state index contributed by atoms with van der Waals surface area (Å²) >= 11 is 1.54. The van der Waals surface area contributed by atoms with E-state index in [0.29, 0.717) is 5.92 Å². The van der Waals surface area contributed by atoms with Gasteiger partial charge in [-0.25, -0.2) is 4.79 Å². The van der Waals surface area contributed by atoms with E-state index in [4.69, 9.17) is 4.74 Å². The van der Waals surface area contributed by atoms with Gasteiger partial charge < -0.3 is 14.5 Å². The van der Waals surface area contributed by atoms with Crippen LogP contribution in [0.4, 0.5) is 10.6 Å². The zero-order chi connectivity index (χ0) is 18.0. The molecule has 1 fully saturated rings. The number of amides is 1. The van der Waals surface area contributed by atoms with Crippen LogP contribution in [0, 0.1) is 5.92 Å². The van der Waals surface area contributed by atoms with Crippen molar-refractivity contribution in [2.75, 3.05) is 31.6 Å². The number of nitrogens with zero attached hydrogens (tertiary/aromatic N) is 3. The average molecular weight is 362 g/mol. The Morgan fingerprint density at radius 1 is 1.40 bits per heavy atom. The molecule has 0 N–H and O–H groups in total. The Morgan fingerprint density at radius 2 is 2.16 bits per heavy atom. The third kappa shape index (κ3) is 4.42. The molecule has 1 aromatic carbocycles. The summed E-state index contributed by atoms with van der Waals surface area (Å²) in [5, 5.41) is 1.20. The van der Waals surface area contributed by atoms with Crippen LogP contribution in [0.1, 0.15) is 33.6 Å². The highest BCUT2D eigenvalue weighted by Gasteiger charge is 2.28. The van der Waals surface area contributed by atoms with Crippen LogP contribution in [-0.4, -0.2) is 47.6 Å². The van der Waals surface area contributed by atoms with Gasteiger partial charge in [-0.2, -0.15) is 4.37 Å². The number of piperidine rings is 1. The van der Waals surface area contributed by atoms with Gasteiger partial charge in [0.1, 0.15) is 11.4 Å². The number of carbonyl (C=O) groups excluding carboxylic acids is 1. The lowest BCUT2D eigenvalue weighted by Gasteiger charge is -2.35. The lowest BCUT2D eigenvalue weighted by atomic mass is 9.98. The van der Waals surface area contributed by atoms with E-state index in [9.17, 15) is 4.79 Å². The second kappa shape index (κ2) is 7.20. The Hall–Kier alpha value is -1.82. The summed E-state index contributed by atoms with van der Waals surface area (Å²) in [7, 11) is 2.09. The molecule has 0 unspecified atom stereocenters. The summed E-state index contributed by atoms with van der Waals surface area (Å²) in [4.78, 5) is 16.4. The van der Waals surface area contributed by atoms with E-state index in [-0.39, 0.29) is 6.09 Å². The molecule has 1 aromatic heterocycles. The summed E-state index contributed by atoms with van der Waals surface area (Å²) in [5.41, 5.74) is -0.444. The standard InChI is InChI=1S/C19H27N3O2S/c1-19(2,3)24-18(23)22-11-7-8-14(13-22)12-21(4)17-15-9-5-6-10-16(15)25-20-17/h5-6,9-10,14H,7-8,11-13H2,1-4H3/t14-/m0/s1. The van der Waals surface area contributed by atoms with Gasteiger partial charge in [-0.05, 0) is 63.2 Å². The van der Waals surface area contributed by atoms with Crippen molar-refractivity contribution in [2.45, 2.75) is 39.2 Å². The van der Waals surface area contributed by atoms with Crippen LogP contribution in [0.3, 0.4) is 0 Å². The van der Waals surface area contributed by atoms with Crippen molar-refractivity contribution in [1.82, 2.24) is 9.27 Å². The average Bonchev–Trinajstić information content (AvgIpc) is 2.97. The molecule has 1 atom stereocenters. The first-order valence-corrected chi connectivity index (χ1v) is 9.64. The Morgan fingerprint density at radius 3 is 2.92 bits per heavy atom. The van der Waals surface area contributed by atoms with Crippen LogP contribution in [0.2, 0.25) is 0 Å². The molecule has 2 aromatic rings. The Bertz CT molecular complexity index is 738. The van der Waals surface area contributed by atoms with Crippen LogP contribution >= 0.6 is 11.5 Å². The van der Waals surface area contributed by atoms with Gasteiger partial charge in [-0.1, -0.05) is 12.1 Å². The first-order chi connectivity index (χ1) is 11.8. The van der Waals surface area contributed by atoms with Gasteiger partial charge in [0.2, 0.25) is 0 Å². The maximum absolute atomic E-state index is 12.3. The van der Waals surface area contributed by atoms with E-state index < -0.39 is 5.60 Å². The van der Waals surface area contributed by atoms with E-state index in [1.54, 1.807) is 0 Å². The lowest BCUT2D eigenvalue weighted by Crippen LogP contribution is -2.45. The van der Waals surface area contributed by atoms with E-state index >= 15 is 0 Å². The van der Waals surface area contributed by atoms with Crippen LogP contribution in [0.25, 0.3) is 10.1 Å². The first-order valence-electron chi connectivity index (χ1n) is 8.87. The molecule has 2 heterocycles. The number of likely N-dealkylation sites (tertiary alicyclic amines) is 1. The van der Waals surface area contributed by atoms with Gasteiger partial charge in [0.15, 0.2) is 0 Å². The smallest absolute Gasteiger partial charge is 0.410 e. The first kappa shape index (κ1) is 18.0. The molecule has 1 aliphatic rings. The maximum Gasteiger partial charge on any atom is 0.410 e. The van der Waals surface area contributed by atoms with Crippen molar-refractivity contribution >= 4 is 33.5 Å². The molecule has 0 spiro atoms. The van der Waals surface area contributed by atoms with Crippen LogP contribution < -0.4 is 4.90 Å². The van der Waals surface area contributed by atoms with Crippen molar-refractivity contribution < 1.29 is 9.53 Å². The highest BCUT2D eigenvalue weighted by molar-refractivity contribution is 7.13. The lowest BCUT2D eigenvalue weighted by molar-refractivity contribution is 0.0170. The highest BCUT2D eigenvalue weighted by Crippen LogP contribution is 2.30. The number of anilines is 1. The molecule has 1 aliphatic heterocycles. The molecule has 1 saturated heterocycles. The Balaban J connectivity index is 1.63. The minimum Gasteiger partial charge on any atom is -0.444 e. The number of aromatic nitrogens is 1. The topological polar surface area (TPSA) is 45.7 Å². The number of hydrogen-bond acceptors (Lipinski definition) is 5. The van der Waals surface area contributed by atoms with Crippen LogP contribution in [-0.2, 0) is 4.74 Å². The Labute approximate surface area is 153 Å². The number of carbonyl (C=O) groups is 1. The van der Waals surface area contributed by atoms with Gasteiger partial charge >= 0.3 is 6.09 Å². The predicted octanol–water partition coefficient (Wildman–Crippen LogP) is 4.38. The predicted molar refractivity (Wildman–Crippen MR) is 103 cm³/mol. The molecule has 0 aliphatic carbocycles. The zero-order valence-electron chi connectivity index (χ0n) is 15.5. The minimum absolute atomic E-state index is 0.195. The van der Waals surface area contributed by atoms with E-state index in [0.717, 1.165) is 38.3 Å². The molecule has 25 heavy (non-hydrogen) atoms. The van der Waals surface area contributed by atoms with E-state index in [1.807, 2.05) is 31.7 Å². The van der Waals surface area contributed by atoms with E-state index in [1.165, 1.54) is 21.6 Å². The summed E-state index contributed by atoms with van der Waals surface area (Å²) < 4.78 is 11.4. The molecular weight excluding hydrogens is 334 g/mol. The molecule has 136 valence electrons. The number of fused-ring (bicyclic) bond motifs is 1. The van der Waals surface area contributed by atoms with Crippen LogP contribution in [0.15, 0.2) is 24.3 Å². The summed E-state index contributed by atoms with van der Waals surface area (Å²) in [5.74, 6) is 1.47. The third-order valence-electron chi connectivity index (χ3n) is 4.42. The highest BCUT2D eigenvalue weighted by atomic mass is 32.1. The molecule has 0 saturated carbocycles. The fourth-order valence-electron chi connectivity index (χ4n) is 3.33. The van der Waals surface area contributed by atoms with Crippen molar-refractivity contribution in [2.24, 2.45) is 5.92 Å². The number of benzene rings is 1. The van der Waals surface area contributed by atoms with Crippen molar-refractivity contribution in [1.29, 1.82) is 0 Å². The molecule has 0 radical (unpaired) electrons. The Kier molecular flexibility index (Phi) is 5.18. The monoisotopic (exact) mass is 361 g/mol.